The number of anilines is 1. The van der Waals surface area contributed by atoms with Crippen molar-refractivity contribution in [1.29, 1.82) is 0 Å². The Balaban J connectivity index is 1.41. The molecule has 1 saturated heterocycles. The molecule has 138 valence electrons. The van der Waals surface area contributed by atoms with E-state index in [0.717, 1.165) is 40.7 Å². The molecule has 1 aliphatic rings. The number of ether oxygens (including phenoxy) is 1. The number of pyridine rings is 1. The van der Waals surface area contributed by atoms with Gasteiger partial charge in [-0.15, -0.1) is 0 Å². The van der Waals surface area contributed by atoms with Crippen LogP contribution in [0.3, 0.4) is 0 Å². The summed E-state index contributed by atoms with van der Waals surface area (Å²) in [5.41, 5.74) is 1.91. The summed E-state index contributed by atoms with van der Waals surface area (Å²) < 4.78 is 6.18. The first-order valence-corrected chi connectivity index (χ1v) is 9.29. The molecule has 2 aromatic carbocycles. The Labute approximate surface area is 158 Å². The highest BCUT2D eigenvalue weighted by Crippen LogP contribution is 2.24. The van der Waals surface area contributed by atoms with E-state index < -0.39 is 0 Å². The molecule has 5 nitrogen and oxygen atoms in total. The van der Waals surface area contributed by atoms with Crippen LogP contribution in [0.2, 0.25) is 0 Å². The van der Waals surface area contributed by atoms with Crippen LogP contribution < -0.4 is 15.4 Å². The minimum absolute atomic E-state index is 0.0119. The summed E-state index contributed by atoms with van der Waals surface area (Å²) in [6, 6.07) is 15.5. The number of aryl methyl sites for hydroxylation is 1. The second kappa shape index (κ2) is 7.76. The minimum atomic E-state index is -0.256. The smallest absolute Gasteiger partial charge is 0.241 e. The number of carbonyl (C=O) groups is 1. The lowest BCUT2D eigenvalue weighted by atomic mass is 10.0. The molecule has 0 spiro atoms. The number of nitrogens with zero attached hydrogens (tertiary/aromatic N) is 1. The number of rotatable bonds is 4. The van der Waals surface area contributed by atoms with Crippen LogP contribution in [-0.4, -0.2) is 29.6 Å². The maximum absolute atomic E-state index is 12.7. The van der Waals surface area contributed by atoms with Gasteiger partial charge in [0, 0.05) is 29.9 Å². The largest absolute Gasteiger partial charge is 0.490 e. The number of hydrogen-bond donors (Lipinski definition) is 2. The number of para-hydroxylation sites is 1. The summed E-state index contributed by atoms with van der Waals surface area (Å²) >= 11 is 0. The van der Waals surface area contributed by atoms with Gasteiger partial charge >= 0.3 is 0 Å². The molecule has 0 bridgehead atoms. The van der Waals surface area contributed by atoms with Crippen LogP contribution in [0, 0.1) is 6.92 Å². The topological polar surface area (TPSA) is 63.2 Å². The Morgan fingerprint density at radius 1 is 1.19 bits per heavy atom. The van der Waals surface area contributed by atoms with Crippen molar-refractivity contribution in [1.82, 2.24) is 10.3 Å². The lowest BCUT2D eigenvalue weighted by Gasteiger charge is -2.30. The van der Waals surface area contributed by atoms with Crippen molar-refractivity contribution in [3.05, 3.63) is 66.5 Å². The number of carbonyl (C=O) groups excluding carboxylic acids is 1. The van der Waals surface area contributed by atoms with E-state index in [1.807, 2.05) is 61.7 Å². The molecule has 27 heavy (non-hydrogen) atoms. The number of nitrogens with one attached hydrogen (secondary N) is 2. The Bertz CT molecular complexity index is 957. The quantitative estimate of drug-likeness (QED) is 0.744. The van der Waals surface area contributed by atoms with Crippen LogP contribution in [0.25, 0.3) is 10.8 Å². The lowest BCUT2D eigenvalue weighted by Crippen LogP contribution is -2.49. The van der Waals surface area contributed by atoms with Crippen LogP contribution in [0.15, 0.2) is 60.9 Å². The molecule has 5 heteroatoms. The van der Waals surface area contributed by atoms with Crippen LogP contribution in [0.5, 0.6) is 5.75 Å². The second-order valence-corrected chi connectivity index (χ2v) is 6.96. The maximum atomic E-state index is 12.7. The van der Waals surface area contributed by atoms with Crippen LogP contribution in [0.4, 0.5) is 5.69 Å². The van der Waals surface area contributed by atoms with Gasteiger partial charge in [0.1, 0.15) is 11.9 Å². The van der Waals surface area contributed by atoms with Gasteiger partial charge in [-0.25, -0.2) is 0 Å². The molecule has 4 rings (SSSR count). The zero-order valence-corrected chi connectivity index (χ0v) is 15.3. The molecule has 0 saturated carbocycles. The molecule has 1 aromatic heterocycles. The standard InChI is InChI=1S/C22H23N3O2/c1-15-4-2-3-5-20(15)25-22(26)21-13-19(9-11-24-21)27-18-7-6-17-14-23-10-8-16(17)12-18/h2-8,10,12,14,19,21,24H,9,11,13H2,1H3,(H,25,26)/t19-,21-/m1/s1. The summed E-state index contributed by atoms with van der Waals surface area (Å²) in [6.07, 6.45) is 5.16. The number of piperidine rings is 1. The van der Waals surface area contributed by atoms with Gasteiger partial charge in [-0.3, -0.25) is 9.78 Å². The van der Waals surface area contributed by atoms with Crippen molar-refractivity contribution in [2.45, 2.75) is 31.9 Å². The molecule has 3 aromatic rings. The third-order valence-electron chi connectivity index (χ3n) is 4.99. The fourth-order valence-electron chi connectivity index (χ4n) is 3.45. The zero-order chi connectivity index (χ0) is 18.6. The van der Waals surface area contributed by atoms with Gasteiger partial charge in [-0.05, 0) is 61.2 Å². The normalized spacial score (nSPS) is 19.6. The summed E-state index contributed by atoms with van der Waals surface area (Å²) in [4.78, 5) is 16.8. The number of benzene rings is 2. The summed E-state index contributed by atoms with van der Waals surface area (Å²) in [5, 5.41) is 8.52. The first-order chi connectivity index (χ1) is 13.2. The Kier molecular flexibility index (Phi) is 5.03. The van der Waals surface area contributed by atoms with Gasteiger partial charge in [-0.2, -0.15) is 0 Å². The molecule has 2 atom stereocenters. The monoisotopic (exact) mass is 361 g/mol. The van der Waals surface area contributed by atoms with E-state index in [-0.39, 0.29) is 18.1 Å². The van der Waals surface area contributed by atoms with E-state index in [9.17, 15) is 4.79 Å². The maximum Gasteiger partial charge on any atom is 0.241 e. The summed E-state index contributed by atoms with van der Waals surface area (Å²) in [6.45, 7) is 2.75. The Morgan fingerprint density at radius 2 is 2.07 bits per heavy atom. The van der Waals surface area contributed by atoms with Crippen LogP contribution >= 0.6 is 0 Å². The number of fused-ring (bicyclic) bond motifs is 1. The Morgan fingerprint density at radius 3 is 2.96 bits per heavy atom. The molecule has 0 radical (unpaired) electrons. The van der Waals surface area contributed by atoms with E-state index in [2.05, 4.69) is 15.6 Å². The van der Waals surface area contributed by atoms with E-state index in [1.165, 1.54) is 0 Å². The molecular weight excluding hydrogens is 338 g/mol. The van der Waals surface area contributed by atoms with E-state index in [1.54, 1.807) is 6.20 Å². The predicted molar refractivity (Wildman–Crippen MR) is 107 cm³/mol. The van der Waals surface area contributed by atoms with Crippen molar-refractivity contribution in [2.75, 3.05) is 11.9 Å². The van der Waals surface area contributed by atoms with Gasteiger partial charge in [0.25, 0.3) is 0 Å². The molecule has 1 aliphatic heterocycles. The van der Waals surface area contributed by atoms with E-state index in [4.69, 9.17) is 4.74 Å². The highest BCUT2D eigenvalue weighted by atomic mass is 16.5. The van der Waals surface area contributed by atoms with E-state index in [0.29, 0.717) is 6.42 Å². The summed E-state index contributed by atoms with van der Waals surface area (Å²) in [7, 11) is 0. The van der Waals surface area contributed by atoms with E-state index >= 15 is 0 Å². The molecule has 2 heterocycles. The molecular formula is C22H23N3O2. The molecule has 2 N–H and O–H groups in total. The SMILES string of the molecule is Cc1ccccc1NC(=O)[C@H]1C[C@H](Oc2ccc3cnccc3c2)CCN1. The first-order valence-electron chi connectivity index (χ1n) is 9.29. The van der Waals surface area contributed by atoms with Gasteiger partial charge in [0.15, 0.2) is 0 Å². The first kappa shape index (κ1) is 17.5. The minimum Gasteiger partial charge on any atom is -0.490 e. The molecule has 0 aliphatic carbocycles. The zero-order valence-electron chi connectivity index (χ0n) is 15.3. The van der Waals surface area contributed by atoms with Crippen molar-refractivity contribution in [3.63, 3.8) is 0 Å². The van der Waals surface area contributed by atoms with Crippen LogP contribution in [-0.2, 0) is 4.79 Å². The van der Waals surface area contributed by atoms with Crippen molar-refractivity contribution in [3.8, 4) is 5.75 Å². The number of amides is 1. The van der Waals surface area contributed by atoms with Crippen molar-refractivity contribution >= 4 is 22.4 Å². The highest BCUT2D eigenvalue weighted by molar-refractivity contribution is 5.95. The van der Waals surface area contributed by atoms with Crippen molar-refractivity contribution in [2.24, 2.45) is 0 Å². The van der Waals surface area contributed by atoms with Gasteiger partial charge in [0.05, 0.1) is 6.04 Å². The fraction of sp³-hybridized carbons (Fsp3) is 0.273. The predicted octanol–water partition coefficient (Wildman–Crippen LogP) is 3.68. The molecule has 0 unspecified atom stereocenters. The Hall–Kier alpha value is -2.92. The average Bonchev–Trinajstić information content (AvgIpc) is 2.70. The number of aromatic nitrogens is 1. The lowest BCUT2D eigenvalue weighted by molar-refractivity contribution is -0.119. The third kappa shape index (κ3) is 4.09. The van der Waals surface area contributed by atoms with Gasteiger partial charge < -0.3 is 15.4 Å². The molecule has 1 fully saturated rings. The van der Waals surface area contributed by atoms with Crippen LogP contribution in [0.1, 0.15) is 18.4 Å². The second-order valence-electron chi connectivity index (χ2n) is 6.96. The van der Waals surface area contributed by atoms with Crippen molar-refractivity contribution < 1.29 is 9.53 Å². The number of hydrogen-bond acceptors (Lipinski definition) is 4. The fourth-order valence-corrected chi connectivity index (χ4v) is 3.45. The van der Waals surface area contributed by atoms with Gasteiger partial charge in [-0.1, -0.05) is 18.2 Å². The summed E-state index contributed by atoms with van der Waals surface area (Å²) in [5.74, 6) is 0.820. The highest BCUT2D eigenvalue weighted by Gasteiger charge is 2.28. The third-order valence-corrected chi connectivity index (χ3v) is 4.99. The van der Waals surface area contributed by atoms with Gasteiger partial charge in [0.2, 0.25) is 5.91 Å². The average molecular weight is 361 g/mol. The molecule has 1 amide bonds.